The van der Waals surface area contributed by atoms with Gasteiger partial charge in [-0.25, -0.2) is 4.39 Å². The Morgan fingerprint density at radius 2 is 2.05 bits per heavy atom. The lowest BCUT2D eigenvalue weighted by molar-refractivity contribution is -0.0380. The van der Waals surface area contributed by atoms with Crippen molar-refractivity contribution in [2.45, 2.75) is 52.2 Å². The van der Waals surface area contributed by atoms with Gasteiger partial charge in [-0.05, 0) is 67.7 Å². The molecular weight excluding hydrogens is 321 g/mol. The van der Waals surface area contributed by atoms with Gasteiger partial charge in [0.2, 0.25) is 0 Å². The standard InChI is InChI=1S/C16H25BrFNO/c1-5-10-19-14(16(3,4)20-6-2)11-12-8-7-9-13(18)15(12)17/h7-9,14,19H,5-6,10-11H2,1-4H3. The van der Waals surface area contributed by atoms with E-state index in [1.807, 2.05) is 13.0 Å². The number of benzene rings is 1. The second-order valence-corrected chi connectivity index (χ2v) is 6.25. The van der Waals surface area contributed by atoms with Crippen LogP contribution in [0.25, 0.3) is 0 Å². The fourth-order valence-corrected chi connectivity index (χ4v) is 2.71. The first kappa shape index (κ1) is 17.6. The maximum atomic E-state index is 13.6. The topological polar surface area (TPSA) is 21.3 Å². The van der Waals surface area contributed by atoms with Crippen molar-refractivity contribution in [3.8, 4) is 0 Å². The lowest BCUT2D eigenvalue weighted by Crippen LogP contribution is -2.50. The van der Waals surface area contributed by atoms with Crippen LogP contribution in [0.1, 0.15) is 39.7 Å². The van der Waals surface area contributed by atoms with E-state index >= 15 is 0 Å². The van der Waals surface area contributed by atoms with Crippen molar-refractivity contribution >= 4 is 15.9 Å². The Kier molecular flexibility index (Phi) is 7.13. The van der Waals surface area contributed by atoms with Crippen LogP contribution in [-0.2, 0) is 11.2 Å². The van der Waals surface area contributed by atoms with Crippen LogP contribution in [0.2, 0.25) is 0 Å². The highest BCUT2D eigenvalue weighted by molar-refractivity contribution is 9.10. The third-order valence-corrected chi connectivity index (χ3v) is 4.34. The van der Waals surface area contributed by atoms with Crippen molar-refractivity contribution in [3.63, 3.8) is 0 Å². The maximum absolute atomic E-state index is 13.6. The molecule has 1 aromatic carbocycles. The van der Waals surface area contributed by atoms with Gasteiger partial charge in [-0.15, -0.1) is 0 Å². The van der Waals surface area contributed by atoms with E-state index in [2.05, 4.69) is 42.0 Å². The predicted molar refractivity (Wildman–Crippen MR) is 85.6 cm³/mol. The van der Waals surface area contributed by atoms with E-state index in [4.69, 9.17) is 4.74 Å². The molecule has 0 aliphatic carbocycles. The fourth-order valence-electron chi connectivity index (χ4n) is 2.28. The number of hydrogen-bond acceptors (Lipinski definition) is 2. The average molecular weight is 346 g/mol. The van der Waals surface area contributed by atoms with E-state index in [-0.39, 0.29) is 17.5 Å². The summed E-state index contributed by atoms with van der Waals surface area (Å²) in [7, 11) is 0. The highest BCUT2D eigenvalue weighted by Gasteiger charge is 2.30. The first-order valence-electron chi connectivity index (χ1n) is 7.22. The molecule has 1 rings (SSSR count). The van der Waals surface area contributed by atoms with Crippen molar-refractivity contribution in [2.24, 2.45) is 0 Å². The van der Waals surface area contributed by atoms with Gasteiger partial charge in [0.1, 0.15) is 5.82 Å². The highest BCUT2D eigenvalue weighted by Crippen LogP contribution is 2.25. The van der Waals surface area contributed by atoms with Crippen LogP contribution in [0.5, 0.6) is 0 Å². The number of ether oxygens (including phenoxy) is 1. The normalized spacial score (nSPS) is 13.5. The summed E-state index contributed by atoms with van der Waals surface area (Å²) < 4.78 is 20.0. The Balaban J connectivity index is 2.91. The Morgan fingerprint density at radius 3 is 2.65 bits per heavy atom. The Labute approximate surface area is 130 Å². The molecule has 0 saturated carbocycles. The molecule has 1 atom stereocenters. The molecule has 2 nitrogen and oxygen atoms in total. The molecule has 1 aromatic rings. The van der Waals surface area contributed by atoms with Crippen molar-refractivity contribution in [1.29, 1.82) is 0 Å². The first-order valence-corrected chi connectivity index (χ1v) is 8.01. The number of nitrogens with one attached hydrogen (secondary N) is 1. The number of halogens is 2. The molecule has 0 aliphatic heterocycles. The molecule has 0 amide bonds. The van der Waals surface area contributed by atoms with E-state index in [0.29, 0.717) is 11.1 Å². The van der Waals surface area contributed by atoms with Crippen molar-refractivity contribution < 1.29 is 9.13 Å². The van der Waals surface area contributed by atoms with Crippen LogP contribution >= 0.6 is 15.9 Å². The zero-order chi connectivity index (χ0) is 15.2. The predicted octanol–water partition coefficient (Wildman–Crippen LogP) is 4.31. The van der Waals surface area contributed by atoms with Crippen LogP contribution in [0, 0.1) is 5.82 Å². The van der Waals surface area contributed by atoms with Crippen molar-refractivity contribution in [1.82, 2.24) is 5.32 Å². The lowest BCUT2D eigenvalue weighted by atomic mass is 9.92. The Hall–Kier alpha value is -0.450. The third kappa shape index (κ3) is 4.83. The molecule has 20 heavy (non-hydrogen) atoms. The minimum absolute atomic E-state index is 0.139. The maximum Gasteiger partial charge on any atom is 0.137 e. The van der Waals surface area contributed by atoms with Gasteiger partial charge in [0.15, 0.2) is 0 Å². The summed E-state index contributed by atoms with van der Waals surface area (Å²) in [5.74, 6) is -0.217. The summed E-state index contributed by atoms with van der Waals surface area (Å²) in [5.41, 5.74) is 0.668. The summed E-state index contributed by atoms with van der Waals surface area (Å²) in [4.78, 5) is 0. The Bertz CT molecular complexity index is 423. The molecule has 0 aliphatic rings. The zero-order valence-corrected chi connectivity index (χ0v) is 14.4. The lowest BCUT2D eigenvalue weighted by Gasteiger charge is -2.35. The van der Waals surface area contributed by atoms with Crippen LogP contribution < -0.4 is 5.32 Å². The number of hydrogen-bond donors (Lipinski definition) is 1. The molecule has 0 aromatic heterocycles. The largest absolute Gasteiger partial charge is 0.374 e. The van der Waals surface area contributed by atoms with E-state index in [1.165, 1.54) is 6.07 Å². The summed E-state index contributed by atoms with van der Waals surface area (Å²) in [6.45, 7) is 9.89. The van der Waals surface area contributed by atoms with E-state index in [1.54, 1.807) is 6.07 Å². The molecule has 0 spiro atoms. The summed E-state index contributed by atoms with van der Waals surface area (Å²) >= 11 is 3.34. The molecule has 4 heteroatoms. The molecule has 0 bridgehead atoms. The molecule has 0 fully saturated rings. The van der Waals surface area contributed by atoms with Gasteiger partial charge >= 0.3 is 0 Å². The van der Waals surface area contributed by atoms with Gasteiger partial charge in [-0.2, -0.15) is 0 Å². The fraction of sp³-hybridized carbons (Fsp3) is 0.625. The van der Waals surface area contributed by atoms with Gasteiger partial charge in [0.25, 0.3) is 0 Å². The molecule has 0 heterocycles. The highest BCUT2D eigenvalue weighted by atomic mass is 79.9. The van der Waals surface area contributed by atoms with Crippen LogP contribution in [0.3, 0.4) is 0 Å². The van der Waals surface area contributed by atoms with Gasteiger partial charge in [-0.1, -0.05) is 19.1 Å². The second kappa shape index (κ2) is 8.11. The summed E-state index contributed by atoms with van der Waals surface area (Å²) in [6.07, 6.45) is 1.79. The van der Waals surface area contributed by atoms with E-state index in [0.717, 1.165) is 24.9 Å². The SMILES string of the molecule is CCCNC(Cc1cccc(F)c1Br)C(C)(C)OCC. The minimum Gasteiger partial charge on any atom is -0.374 e. The van der Waals surface area contributed by atoms with Crippen molar-refractivity contribution in [3.05, 3.63) is 34.1 Å². The van der Waals surface area contributed by atoms with Gasteiger partial charge in [0, 0.05) is 12.6 Å². The van der Waals surface area contributed by atoms with Crippen LogP contribution in [0.4, 0.5) is 4.39 Å². The molecule has 0 radical (unpaired) electrons. The average Bonchev–Trinajstić information content (AvgIpc) is 2.39. The van der Waals surface area contributed by atoms with Crippen LogP contribution in [-0.4, -0.2) is 24.8 Å². The minimum atomic E-state index is -0.296. The molecule has 1 unspecified atom stereocenters. The molecule has 1 N–H and O–H groups in total. The second-order valence-electron chi connectivity index (χ2n) is 5.46. The van der Waals surface area contributed by atoms with E-state index < -0.39 is 0 Å². The Morgan fingerprint density at radius 1 is 1.35 bits per heavy atom. The summed E-state index contributed by atoms with van der Waals surface area (Å²) in [5, 5.41) is 3.52. The van der Waals surface area contributed by atoms with Crippen molar-refractivity contribution in [2.75, 3.05) is 13.2 Å². The van der Waals surface area contributed by atoms with Gasteiger partial charge < -0.3 is 10.1 Å². The molecule has 0 saturated heterocycles. The number of rotatable bonds is 8. The third-order valence-electron chi connectivity index (χ3n) is 3.45. The van der Waals surface area contributed by atoms with Crippen LogP contribution in [0.15, 0.2) is 22.7 Å². The quantitative estimate of drug-likeness (QED) is 0.757. The summed E-state index contributed by atoms with van der Waals surface area (Å²) in [6, 6.07) is 5.31. The van der Waals surface area contributed by atoms with Gasteiger partial charge in [-0.3, -0.25) is 0 Å². The molecule has 114 valence electrons. The first-order chi connectivity index (χ1) is 9.42. The monoisotopic (exact) mass is 345 g/mol. The smallest absolute Gasteiger partial charge is 0.137 e. The molecular formula is C16H25BrFNO. The van der Waals surface area contributed by atoms with Gasteiger partial charge in [0.05, 0.1) is 10.1 Å². The zero-order valence-electron chi connectivity index (χ0n) is 12.8. The van der Waals surface area contributed by atoms with E-state index in [9.17, 15) is 4.39 Å².